The molecule has 5 heteroatoms. The van der Waals surface area contributed by atoms with Gasteiger partial charge in [0.2, 0.25) is 0 Å². The smallest absolute Gasteiger partial charge is 0.164 e. The SMILES string of the molecule is c1ccc(-c2ccc(-c3ccc(-c4nc(-c5ccc6ccccc6c5)nc(-c5ccc6c(c5)sc5c(-n7c8cc(-c9ccccc9)c9ccccc9c8c8c9ccccc9c(-c9ccccc9)cc87)cccc56)n4)cc3)cc2)cc1. The summed E-state index contributed by atoms with van der Waals surface area (Å²) in [7, 11) is 0. The van der Waals surface area contributed by atoms with Gasteiger partial charge < -0.3 is 4.57 Å². The summed E-state index contributed by atoms with van der Waals surface area (Å²) >= 11 is 1.83. The van der Waals surface area contributed by atoms with Gasteiger partial charge in [0.15, 0.2) is 17.5 Å². The maximum atomic E-state index is 5.29. The monoisotopic (exact) mass is 1030 g/mol. The molecule has 16 rings (SSSR count). The van der Waals surface area contributed by atoms with E-state index in [2.05, 4.69) is 284 Å². The lowest BCUT2D eigenvalue weighted by molar-refractivity contribution is 1.08. The van der Waals surface area contributed by atoms with Gasteiger partial charge in [0, 0.05) is 42.9 Å². The molecule has 3 aromatic heterocycles. The first-order valence-corrected chi connectivity index (χ1v) is 28.0. The number of aromatic nitrogens is 4. The topological polar surface area (TPSA) is 43.6 Å². The van der Waals surface area contributed by atoms with Crippen LogP contribution in [0.25, 0.3) is 159 Å². The maximum Gasteiger partial charge on any atom is 0.164 e. The Hall–Kier alpha value is -10.3. The van der Waals surface area contributed by atoms with Crippen molar-refractivity contribution >= 4 is 85.6 Å². The van der Waals surface area contributed by atoms with Crippen LogP contribution in [0.15, 0.2) is 279 Å². The van der Waals surface area contributed by atoms with Gasteiger partial charge in [-0.3, -0.25) is 0 Å². The number of hydrogen-bond acceptors (Lipinski definition) is 4. The zero-order valence-electron chi connectivity index (χ0n) is 43.3. The Labute approximate surface area is 465 Å². The van der Waals surface area contributed by atoms with Crippen molar-refractivity contribution in [3.05, 3.63) is 279 Å². The van der Waals surface area contributed by atoms with E-state index in [4.69, 9.17) is 15.0 Å². The standard InChI is InChI=1S/C75H46N4S/c1-4-17-47(18-5-1)49-31-33-50(34-32-49)51-35-38-54(39-36-51)73-76-74(56-40-37-48-19-10-11-24-55(48)43-56)78-75(77-73)57-41-42-60-63-29-16-30-66(72(63)80-69(60)44-57)79-67-45-64(52-20-6-2-7-21-52)58-25-12-14-27-61(58)70(67)71-62-28-15-13-26-59(62)65(46-68(71)79)53-22-8-3-9-23-53/h1-46H. The van der Waals surface area contributed by atoms with Gasteiger partial charge in [0.05, 0.1) is 21.4 Å². The predicted molar refractivity (Wildman–Crippen MR) is 338 cm³/mol. The van der Waals surface area contributed by atoms with Gasteiger partial charge in [-0.25, -0.2) is 15.0 Å². The second-order valence-electron chi connectivity index (χ2n) is 20.7. The van der Waals surface area contributed by atoms with E-state index in [9.17, 15) is 0 Å². The van der Waals surface area contributed by atoms with E-state index in [0.29, 0.717) is 17.5 Å². The van der Waals surface area contributed by atoms with Crippen LogP contribution in [0.5, 0.6) is 0 Å². The molecule has 4 nitrogen and oxygen atoms in total. The highest BCUT2D eigenvalue weighted by Crippen LogP contribution is 2.48. The van der Waals surface area contributed by atoms with Crippen LogP contribution in [0.3, 0.4) is 0 Å². The minimum absolute atomic E-state index is 0.624. The summed E-state index contributed by atoms with van der Waals surface area (Å²) in [5.41, 5.74) is 15.8. The highest BCUT2D eigenvalue weighted by atomic mass is 32.1. The molecule has 3 heterocycles. The molecule has 0 amide bonds. The second kappa shape index (κ2) is 18.7. The predicted octanol–water partition coefficient (Wildman–Crippen LogP) is 20.5. The molecule has 0 N–H and O–H groups in total. The molecule has 80 heavy (non-hydrogen) atoms. The van der Waals surface area contributed by atoms with Gasteiger partial charge >= 0.3 is 0 Å². The molecule has 0 spiro atoms. The number of nitrogens with zero attached hydrogens (tertiary/aromatic N) is 4. The number of thiophene rings is 1. The quantitative estimate of drug-likeness (QED) is 0.152. The van der Waals surface area contributed by atoms with Crippen molar-refractivity contribution in [3.8, 4) is 84.4 Å². The van der Waals surface area contributed by atoms with Crippen LogP contribution in [0.4, 0.5) is 0 Å². The number of hydrogen-bond donors (Lipinski definition) is 0. The Kier molecular flexibility index (Phi) is 10.7. The van der Waals surface area contributed by atoms with Gasteiger partial charge in [-0.15, -0.1) is 11.3 Å². The van der Waals surface area contributed by atoms with Crippen molar-refractivity contribution in [2.24, 2.45) is 0 Å². The molecule has 0 saturated heterocycles. The summed E-state index contributed by atoms with van der Waals surface area (Å²) in [6.07, 6.45) is 0. The Balaban J connectivity index is 0.881. The van der Waals surface area contributed by atoms with Gasteiger partial charge in [-0.2, -0.15) is 0 Å². The van der Waals surface area contributed by atoms with Gasteiger partial charge in [0.25, 0.3) is 0 Å². The largest absolute Gasteiger partial charge is 0.308 e. The molecular formula is C75H46N4S. The number of benzene rings is 13. The fraction of sp³-hybridized carbons (Fsp3) is 0. The molecule has 0 aliphatic heterocycles. The van der Waals surface area contributed by atoms with Crippen molar-refractivity contribution in [2.75, 3.05) is 0 Å². The van der Waals surface area contributed by atoms with Crippen LogP contribution < -0.4 is 0 Å². The summed E-state index contributed by atoms with van der Waals surface area (Å²) < 4.78 is 4.93. The molecule has 0 atom stereocenters. The van der Waals surface area contributed by atoms with Gasteiger partial charge in [-0.1, -0.05) is 249 Å². The molecule has 372 valence electrons. The molecule has 0 bridgehead atoms. The maximum absolute atomic E-state index is 5.29. The van der Waals surface area contributed by atoms with Crippen molar-refractivity contribution in [1.82, 2.24) is 19.5 Å². The lowest BCUT2D eigenvalue weighted by Crippen LogP contribution is -2.00. The number of rotatable bonds is 8. The minimum Gasteiger partial charge on any atom is -0.308 e. The average Bonchev–Trinajstić information content (AvgIpc) is 4.30. The highest BCUT2D eigenvalue weighted by molar-refractivity contribution is 7.26. The highest BCUT2D eigenvalue weighted by Gasteiger charge is 2.24. The molecule has 0 aliphatic rings. The van der Waals surface area contributed by atoms with Crippen LogP contribution in [-0.2, 0) is 0 Å². The third-order valence-corrected chi connectivity index (χ3v) is 17.2. The van der Waals surface area contributed by atoms with Crippen molar-refractivity contribution < 1.29 is 0 Å². The van der Waals surface area contributed by atoms with E-state index < -0.39 is 0 Å². The summed E-state index contributed by atoms with van der Waals surface area (Å²) in [5, 5.41) is 12.2. The van der Waals surface area contributed by atoms with Crippen LogP contribution in [0.1, 0.15) is 0 Å². The molecule has 0 saturated carbocycles. The summed E-state index contributed by atoms with van der Waals surface area (Å²) in [6.45, 7) is 0. The first-order valence-electron chi connectivity index (χ1n) is 27.2. The zero-order valence-corrected chi connectivity index (χ0v) is 44.1. The molecule has 0 radical (unpaired) electrons. The van der Waals surface area contributed by atoms with E-state index in [0.717, 1.165) is 43.6 Å². The van der Waals surface area contributed by atoms with Gasteiger partial charge in [-0.05, 0) is 107 Å². The molecular weight excluding hydrogens is 989 g/mol. The van der Waals surface area contributed by atoms with E-state index >= 15 is 0 Å². The first-order chi connectivity index (χ1) is 39.6. The van der Waals surface area contributed by atoms with E-state index in [1.807, 2.05) is 11.3 Å². The Morgan fingerprint density at radius 1 is 0.263 bits per heavy atom. The molecule has 13 aromatic carbocycles. The van der Waals surface area contributed by atoms with Crippen LogP contribution >= 0.6 is 11.3 Å². The third kappa shape index (κ3) is 7.62. The Bertz CT molecular complexity index is 4950. The zero-order chi connectivity index (χ0) is 52.7. The average molecular weight is 1040 g/mol. The normalized spacial score (nSPS) is 11.8. The number of fused-ring (bicyclic) bond motifs is 11. The summed E-state index contributed by atoms with van der Waals surface area (Å²) in [6, 6.07) is 101. The minimum atomic E-state index is 0.624. The Morgan fingerprint density at radius 3 is 1.24 bits per heavy atom. The molecule has 16 aromatic rings. The van der Waals surface area contributed by atoms with Gasteiger partial charge in [0.1, 0.15) is 0 Å². The first kappa shape index (κ1) is 45.8. The fourth-order valence-corrected chi connectivity index (χ4v) is 13.4. The lowest BCUT2D eigenvalue weighted by atomic mass is 9.92. The van der Waals surface area contributed by atoms with Crippen molar-refractivity contribution in [1.29, 1.82) is 0 Å². The molecule has 0 aliphatic carbocycles. The van der Waals surface area contributed by atoms with Crippen LogP contribution in [0.2, 0.25) is 0 Å². The third-order valence-electron chi connectivity index (χ3n) is 16.0. The van der Waals surface area contributed by atoms with Crippen LogP contribution in [-0.4, -0.2) is 19.5 Å². The molecule has 0 fully saturated rings. The van der Waals surface area contributed by atoms with E-state index in [1.54, 1.807) is 0 Å². The fourth-order valence-electron chi connectivity index (χ4n) is 12.2. The van der Waals surface area contributed by atoms with Crippen molar-refractivity contribution in [2.45, 2.75) is 0 Å². The second-order valence-corrected chi connectivity index (χ2v) is 21.7. The summed E-state index contributed by atoms with van der Waals surface area (Å²) in [5.74, 6) is 1.88. The molecule has 0 unspecified atom stereocenters. The van der Waals surface area contributed by atoms with E-state index in [1.165, 1.54) is 97.6 Å². The van der Waals surface area contributed by atoms with E-state index in [-0.39, 0.29) is 0 Å². The Morgan fingerprint density at radius 2 is 0.675 bits per heavy atom. The lowest BCUT2D eigenvalue weighted by Gasteiger charge is -2.13. The summed E-state index contributed by atoms with van der Waals surface area (Å²) in [4.78, 5) is 15.8. The van der Waals surface area contributed by atoms with Crippen molar-refractivity contribution in [3.63, 3.8) is 0 Å². The van der Waals surface area contributed by atoms with Crippen LogP contribution in [0, 0.1) is 0 Å².